The molecule has 0 aliphatic heterocycles. The maximum atomic E-state index is 11.6. The Kier molecular flexibility index (Phi) is 10.9. The molecule has 1 unspecified atom stereocenters. The summed E-state index contributed by atoms with van der Waals surface area (Å²) in [6, 6.07) is 0. The Morgan fingerprint density at radius 1 is 1.00 bits per heavy atom. The second kappa shape index (κ2) is 11.2. The van der Waals surface area contributed by atoms with Crippen molar-refractivity contribution in [1.29, 1.82) is 0 Å². The molecular formula is C15H30O4. The molecule has 4 heteroatoms. The van der Waals surface area contributed by atoms with E-state index in [9.17, 15) is 9.90 Å². The quantitative estimate of drug-likeness (QED) is 0.334. The molecule has 0 amide bonds. The molecule has 0 radical (unpaired) electrons. The number of rotatable bonds is 12. The van der Waals surface area contributed by atoms with Crippen molar-refractivity contribution >= 4 is 5.97 Å². The minimum absolute atomic E-state index is 0.240. The Labute approximate surface area is 117 Å². The molecule has 1 atom stereocenters. The molecule has 0 saturated heterocycles. The van der Waals surface area contributed by atoms with Gasteiger partial charge in [0, 0.05) is 12.8 Å². The second-order valence-corrected chi connectivity index (χ2v) is 4.84. The van der Waals surface area contributed by atoms with Gasteiger partial charge in [0.05, 0.1) is 6.61 Å². The average Bonchev–Trinajstić information content (AvgIpc) is 2.38. The fourth-order valence-corrected chi connectivity index (χ4v) is 1.88. The molecule has 1 N–H and O–H groups in total. The summed E-state index contributed by atoms with van der Waals surface area (Å²) in [7, 11) is 0. The Morgan fingerprint density at radius 3 is 2.11 bits per heavy atom. The minimum atomic E-state index is -1.74. The highest BCUT2D eigenvalue weighted by Crippen LogP contribution is 2.16. The molecule has 4 nitrogen and oxygen atoms in total. The van der Waals surface area contributed by atoms with E-state index in [2.05, 4.69) is 6.92 Å². The lowest BCUT2D eigenvalue weighted by Gasteiger charge is -2.25. The van der Waals surface area contributed by atoms with Gasteiger partial charge in [-0.25, -0.2) is 0 Å². The summed E-state index contributed by atoms with van der Waals surface area (Å²) in [6.07, 6.45) is 8.67. The largest absolute Gasteiger partial charge is 0.408 e. The van der Waals surface area contributed by atoms with E-state index in [1.54, 1.807) is 13.8 Å². The molecule has 0 rings (SSSR count). The number of unbranched alkanes of at least 4 members (excludes halogenated alkanes) is 6. The Hall–Kier alpha value is -0.610. The van der Waals surface area contributed by atoms with Gasteiger partial charge < -0.3 is 14.6 Å². The van der Waals surface area contributed by atoms with Gasteiger partial charge in [0.1, 0.15) is 0 Å². The zero-order valence-corrected chi connectivity index (χ0v) is 12.7. The average molecular weight is 274 g/mol. The third kappa shape index (κ3) is 9.91. The summed E-state index contributed by atoms with van der Waals surface area (Å²) in [5.74, 6) is -2.13. The zero-order valence-electron chi connectivity index (χ0n) is 12.7. The summed E-state index contributed by atoms with van der Waals surface area (Å²) >= 11 is 0. The smallest absolute Gasteiger partial charge is 0.326 e. The Balaban J connectivity index is 3.63. The van der Waals surface area contributed by atoms with E-state index in [0.717, 1.165) is 19.3 Å². The fourth-order valence-electron chi connectivity index (χ4n) is 1.88. The number of ether oxygens (including phenoxy) is 2. The van der Waals surface area contributed by atoms with Crippen LogP contribution in [0, 0.1) is 0 Å². The predicted molar refractivity (Wildman–Crippen MR) is 75.6 cm³/mol. The van der Waals surface area contributed by atoms with Crippen molar-refractivity contribution in [2.45, 2.75) is 84.5 Å². The monoisotopic (exact) mass is 274 g/mol. The third-order valence-corrected chi connectivity index (χ3v) is 3.07. The number of hydrogen-bond acceptors (Lipinski definition) is 4. The first-order valence-electron chi connectivity index (χ1n) is 7.66. The van der Waals surface area contributed by atoms with Gasteiger partial charge in [0.15, 0.2) is 0 Å². The highest BCUT2D eigenvalue weighted by Gasteiger charge is 2.29. The number of carbonyl (C=O) groups is 1. The van der Waals surface area contributed by atoms with Crippen LogP contribution in [0.2, 0.25) is 0 Å². The highest BCUT2D eigenvalue weighted by molar-refractivity contribution is 5.69. The molecule has 0 saturated carbocycles. The molecule has 0 aromatic rings. The van der Waals surface area contributed by atoms with E-state index in [-0.39, 0.29) is 12.4 Å². The van der Waals surface area contributed by atoms with Crippen LogP contribution in [0.5, 0.6) is 0 Å². The van der Waals surface area contributed by atoms with Crippen molar-refractivity contribution in [3.05, 3.63) is 0 Å². The van der Waals surface area contributed by atoms with Crippen molar-refractivity contribution in [3.63, 3.8) is 0 Å². The van der Waals surface area contributed by atoms with Gasteiger partial charge in [-0.15, -0.1) is 0 Å². The van der Waals surface area contributed by atoms with Crippen LogP contribution in [0.3, 0.4) is 0 Å². The van der Waals surface area contributed by atoms with Gasteiger partial charge in [0.25, 0.3) is 0 Å². The summed E-state index contributed by atoms with van der Waals surface area (Å²) < 4.78 is 10.0. The normalized spacial score (nSPS) is 14.1. The van der Waals surface area contributed by atoms with Crippen LogP contribution in [-0.2, 0) is 14.3 Å². The SMILES string of the molecule is CCCCCCCCCC(=O)OC(O)(CC)OCC. The lowest BCUT2D eigenvalue weighted by atomic mass is 10.1. The van der Waals surface area contributed by atoms with Gasteiger partial charge in [-0.3, -0.25) is 4.79 Å². The summed E-state index contributed by atoms with van der Waals surface area (Å²) in [6.45, 7) is 5.99. The molecule has 19 heavy (non-hydrogen) atoms. The topological polar surface area (TPSA) is 55.8 Å². The molecule has 114 valence electrons. The highest BCUT2D eigenvalue weighted by atomic mass is 16.8. The standard InChI is InChI=1S/C15H30O4/c1-4-7-8-9-10-11-12-13-14(16)19-15(17,5-2)18-6-3/h17H,4-13H2,1-3H3. The first-order chi connectivity index (χ1) is 9.08. The Morgan fingerprint density at radius 2 is 1.58 bits per heavy atom. The van der Waals surface area contributed by atoms with Crippen LogP contribution in [0.25, 0.3) is 0 Å². The van der Waals surface area contributed by atoms with Crippen LogP contribution >= 0.6 is 0 Å². The van der Waals surface area contributed by atoms with Crippen molar-refractivity contribution in [2.75, 3.05) is 6.61 Å². The van der Waals surface area contributed by atoms with Crippen LogP contribution in [0.1, 0.15) is 78.6 Å². The molecular weight excluding hydrogens is 244 g/mol. The summed E-state index contributed by atoms with van der Waals surface area (Å²) in [5.41, 5.74) is 0. The lowest BCUT2D eigenvalue weighted by Crippen LogP contribution is -2.37. The minimum Gasteiger partial charge on any atom is -0.408 e. The zero-order chi connectivity index (χ0) is 14.6. The molecule has 0 aromatic heterocycles. The van der Waals surface area contributed by atoms with Crippen molar-refractivity contribution in [2.24, 2.45) is 0 Å². The summed E-state index contributed by atoms with van der Waals surface area (Å²) in [5, 5.41) is 9.82. The van der Waals surface area contributed by atoms with Crippen LogP contribution in [-0.4, -0.2) is 23.7 Å². The van der Waals surface area contributed by atoms with Crippen molar-refractivity contribution in [1.82, 2.24) is 0 Å². The number of esters is 1. The number of carbonyl (C=O) groups excluding carboxylic acids is 1. The van der Waals surface area contributed by atoms with E-state index in [1.165, 1.54) is 25.7 Å². The molecule has 0 spiro atoms. The maximum absolute atomic E-state index is 11.6. The first kappa shape index (κ1) is 18.4. The maximum Gasteiger partial charge on any atom is 0.326 e. The van der Waals surface area contributed by atoms with Crippen LogP contribution in [0.15, 0.2) is 0 Å². The van der Waals surface area contributed by atoms with E-state index in [4.69, 9.17) is 9.47 Å². The van der Waals surface area contributed by atoms with Gasteiger partial charge in [-0.05, 0) is 13.3 Å². The summed E-state index contributed by atoms with van der Waals surface area (Å²) in [4.78, 5) is 11.6. The Bertz CT molecular complexity index is 230. The molecule has 0 aliphatic carbocycles. The fraction of sp³-hybridized carbons (Fsp3) is 0.933. The van der Waals surface area contributed by atoms with E-state index >= 15 is 0 Å². The van der Waals surface area contributed by atoms with Crippen LogP contribution in [0.4, 0.5) is 0 Å². The molecule has 0 bridgehead atoms. The lowest BCUT2D eigenvalue weighted by molar-refractivity contribution is -0.341. The van der Waals surface area contributed by atoms with Crippen LogP contribution < -0.4 is 0 Å². The van der Waals surface area contributed by atoms with Gasteiger partial charge in [0.2, 0.25) is 0 Å². The van der Waals surface area contributed by atoms with E-state index in [0.29, 0.717) is 13.0 Å². The number of aliphatic hydroxyl groups is 1. The second-order valence-electron chi connectivity index (χ2n) is 4.84. The third-order valence-electron chi connectivity index (χ3n) is 3.07. The number of hydrogen-bond donors (Lipinski definition) is 1. The molecule has 0 fully saturated rings. The van der Waals surface area contributed by atoms with E-state index < -0.39 is 5.97 Å². The van der Waals surface area contributed by atoms with E-state index in [1.807, 2.05) is 0 Å². The molecule has 0 heterocycles. The first-order valence-corrected chi connectivity index (χ1v) is 7.66. The molecule has 0 aromatic carbocycles. The van der Waals surface area contributed by atoms with Gasteiger partial charge in [-0.2, -0.15) is 0 Å². The van der Waals surface area contributed by atoms with Crippen molar-refractivity contribution < 1.29 is 19.4 Å². The molecule has 0 aliphatic rings. The van der Waals surface area contributed by atoms with Gasteiger partial charge >= 0.3 is 11.9 Å². The van der Waals surface area contributed by atoms with Crippen molar-refractivity contribution in [3.8, 4) is 0 Å². The predicted octanol–water partition coefficient (Wildman–Crippen LogP) is 3.76. The van der Waals surface area contributed by atoms with Gasteiger partial charge in [-0.1, -0.05) is 52.4 Å².